The monoisotopic (exact) mass is 297 g/mol. The van der Waals surface area contributed by atoms with Crippen LogP contribution in [0.15, 0.2) is 0 Å². The molecule has 6 heteroatoms. The highest BCUT2D eigenvalue weighted by molar-refractivity contribution is 6.06. The molecule has 2 atom stereocenters. The van der Waals surface area contributed by atoms with E-state index in [1.807, 2.05) is 7.05 Å². The van der Waals surface area contributed by atoms with Crippen molar-refractivity contribution in [3.05, 3.63) is 0 Å². The van der Waals surface area contributed by atoms with Crippen LogP contribution in [-0.2, 0) is 14.4 Å². The highest BCUT2D eigenvalue weighted by Gasteiger charge is 2.40. The van der Waals surface area contributed by atoms with E-state index in [0.29, 0.717) is 6.54 Å². The third-order valence-corrected chi connectivity index (χ3v) is 3.83. The SMILES string of the molecule is CNCCCCCCNC(=O)[C@H](C)N1C(=O)CC(C)C1=O. The van der Waals surface area contributed by atoms with Crippen molar-refractivity contribution >= 4 is 17.7 Å². The third-order valence-electron chi connectivity index (χ3n) is 3.83. The molecule has 0 aromatic rings. The van der Waals surface area contributed by atoms with Crippen molar-refractivity contribution < 1.29 is 14.4 Å². The van der Waals surface area contributed by atoms with Crippen molar-refractivity contribution in [2.24, 2.45) is 5.92 Å². The lowest BCUT2D eigenvalue weighted by atomic mass is 10.1. The van der Waals surface area contributed by atoms with Crippen LogP contribution in [0, 0.1) is 5.92 Å². The molecule has 6 nitrogen and oxygen atoms in total. The molecule has 2 N–H and O–H groups in total. The predicted molar refractivity (Wildman–Crippen MR) is 80.5 cm³/mol. The number of amides is 3. The molecule has 3 amide bonds. The number of unbranched alkanes of at least 4 members (excludes halogenated alkanes) is 3. The van der Waals surface area contributed by atoms with E-state index in [-0.39, 0.29) is 30.1 Å². The summed E-state index contributed by atoms with van der Waals surface area (Å²) >= 11 is 0. The largest absolute Gasteiger partial charge is 0.354 e. The minimum atomic E-state index is -0.709. The van der Waals surface area contributed by atoms with Gasteiger partial charge in [0, 0.05) is 18.9 Å². The summed E-state index contributed by atoms with van der Waals surface area (Å²) in [5.41, 5.74) is 0. The zero-order chi connectivity index (χ0) is 15.8. The molecule has 21 heavy (non-hydrogen) atoms. The summed E-state index contributed by atoms with van der Waals surface area (Å²) in [6, 6.07) is -0.709. The average Bonchev–Trinajstić information content (AvgIpc) is 2.70. The Labute approximate surface area is 126 Å². The minimum absolute atomic E-state index is 0.210. The van der Waals surface area contributed by atoms with Gasteiger partial charge in [-0.1, -0.05) is 19.8 Å². The summed E-state index contributed by atoms with van der Waals surface area (Å²) in [5, 5.41) is 5.90. The lowest BCUT2D eigenvalue weighted by Crippen LogP contribution is -2.48. The Balaban J connectivity index is 2.26. The van der Waals surface area contributed by atoms with E-state index in [1.54, 1.807) is 13.8 Å². The molecule has 1 fully saturated rings. The molecule has 1 unspecified atom stereocenters. The van der Waals surface area contributed by atoms with E-state index in [1.165, 1.54) is 0 Å². The Morgan fingerprint density at radius 2 is 1.86 bits per heavy atom. The molecule has 0 bridgehead atoms. The molecule has 1 rings (SSSR count). The molecule has 0 radical (unpaired) electrons. The van der Waals surface area contributed by atoms with E-state index in [9.17, 15) is 14.4 Å². The lowest BCUT2D eigenvalue weighted by molar-refractivity contribution is -0.146. The Hall–Kier alpha value is -1.43. The summed E-state index contributed by atoms with van der Waals surface area (Å²) in [7, 11) is 1.93. The fourth-order valence-electron chi connectivity index (χ4n) is 2.47. The third kappa shape index (κ3) is 5.12. The number of hydrogen-bond donors (Lipinski definition) is 2. The van der Waals surface area contributed by atoms with Gasteiger partial charge in [-0.15, -0.1) is 0 Å². The molecule has 0 spiro atoms. The van der Waals surface area contributed by atoms with Crippen LogP contribution in [0.25, 0.3) is 0 Å². The molecule has 1 saturated heterocycles. The van der Waals surface area contributed by atoms with Crippen molar-refractivity contribution in [1.29, 1.82) is 0 Å². The number of carbonyl (C=O) groups excluding carboxylic acids is 3. The van der Waals surface area contributed by atoms with Crippen LogP contribution in [0.2, 0.25) is 0 Å². The van der Waals surface area contributed by atoms with Gasteiger partial charge in [0.15, 0.2) is 0 Å². The first kappa shape index (κ1) is 17.6. The summed E-state index contributed by atoms with van der Waals surface area (Å²) < 4.78 is 0. The molecule has 120 valence electrons. The minimum Gasteiger partial charge on any atom is -0.354 e. The van der Waals surface area contributed by atoms with Crippen LogP contribution >= 0.6 is 0 Å². The Morgan fingerprint density at radius 1 is 1.24 bits per heavy atom. The molecular formula is C15H27N3O3. The first-order valence-electron chi connectivity index (χ1n) is 7.77. The fraction of sp³-hybridized carbons (Fsp3) is 0.800. The molecule has 0 aromatic carbocycles. The predicted octanol–water partition coefficient (Wildman–Crippen LogP) is 0.666. The molecule has 0 saturated carbocycles. The van der Waals surface area contributed by atoms with Gasteiger partial charge in [0.2, 0.25) is 17.7 Å². The van der Waals surface area contributed by atoms with Crippen molar-refractivity contribution in [1.82, 2.24) is 15.5 Å². The van der Waals surface area contributed by atoms with Crippen LogP contribution in [0.3, 0.4) is 0 Å². The smallest absolute Gasteiger partial charge is 0.243 e. The van der Waals surface area contributed by atoms with Crippen LogP contribution < -0.4 is 10.6 Å². The van der Waals surface area contributed by atoms with Gasteiger partial charge in [-0.05, 0) is 33.4 Å². The summed E-state index contributed by atoms with van der Waals surface area (Å²) in [6.07, 6.45) is 4.46. The fourth-order valence-corrected chi connectivity index (χ4v) is 2.47. The molecule has 1 heterocycles. The summed E-state index contributed by atoms with van der Waals surface area (Å²) in [6.45, 7) is 4.93. The maximum Gasteiger partial charge on any atom is 0.243 e. The van der Waals surface area contributed by atoms with Gasteiger partial charge in [0.25, 0.3) is 0 Å². The Bertz CT molecular complexity index is 384. The zero-order valence-electron chi connectivity index (χ0n) is 13.3. The van der Waals surface area contributed by atoms with Gasteiger partial charge in [-0.25, -0.2) is 0 Å². The quantitative estimate of drug-likeness (QED) is 0.484. The molecule has 0 aliphatic carbocycles. The average molecular weight is 297 g/mol. The number of carbonyl (C=O) groups is 3. The standard InChI is InChI=1S/C15H27N3O3/c1-11-10-13(19)18(15(11)21)12(2)14(20)17-9-7-5-4-6-8-16-3/h11-12,16H,4-10H2,1-3H3,(H,17,20)/t11?,12-/m0/s1. The van der Waals surface area contributed by atoms with Crippen molar-refractivity contribution in [2.45, 2.75) is 52.0 Å². The zero-order valence-corrected chi connectivity index (χ0v) is 13.3. The number of hydrogen-bond acceptors (Lipinski definition) is 4. The van der Waals surface area contributed by atoms with Gasteiger partial charge in [0.05, 0.1) is 0 Å². The van der Waals surface area contributed by atoms with Crippen molar-refractivity contribution in [3.63, 3.8) is 0 Å². The number of likely N-dealkylation sites (tertiary alicyclic amines) is 1. The highest BCUT2D eigenvalue weighted by Crippen LogP contribution is 2.21. The maximum atomic E-state index is 12.0. The summed E-state index contributed by atoms with van der Waals surface area (Å²) in [5.74, 6) is -1.04. The molecule has 0 aromatic heterocycles. The number of nitrogens with zero attached hydrogens (tertiary/aromatic N) is 1. The molecular weight excluding hydrogens is 270 g/mol. The van der Waals surface area contributed by atoms with Gasteiger partial charge in [-0.2, -0.15) is 0 Å². The van der Waals surface area contributed by atoms with Gasteiger partial charge < -0.3 is 10.6 Å². The van der Waals surface area contributed by atoms with Gasteiger partial charge >= 0.3 is 0 Å². The van der Waals surface area contributed by atoms with Gasteiger partial charge in [-0.3, -0.25) is 19.3 Å². The highest BCUT2D eigenvalue weighted by atomic mass is 16.2. The molecule has 1 aliphatic heterocycles. The molecule has 1 aliphatic rings. The van der Waals surface area contributed by atoms with Crippen LogP contribution in [0.5, 0.6) is 0 Å². The van der Waals surface area contributed by atoms with Crippen LogP contribution in [0.4, 0.5) is 0 Å². The number of rotatable bonds is 9. The van der Waals surface area contributed by atoms with Crippen LogP contribution in [0.1, 0.15) is 46.0 Å². The van der Waals surface area contributed by atoms with E-state index in [4.69, 9.17) is 0 Å². The maximum absolute atomic E-state index is 12.0. The second-order valence-corrected chi connectivity index (χ2v) is 5.69. The Kier molecular flexibility index (Phi) is 7.36. The number of imide groups is 1. The number of nitrogens with one attached hydrogen (secondary N) is 2. The normalized spacial score (nSPS) is 20.0. The van der Waals surface area contributed by atoms with Crippen LogP contribution in [-0.4, -0.2) is 48.8 Å². The van der Waals surface area contributed by atoms with Crippen molar-refractivity contribution in [2.75, 3.05) is 20.1 Å². The van der Waals surface area contributed by atoms with E-state index in [0.717, 1.165) is 37.1 Å². The second kappa shape index (κ2) is 8.77. The lowest BCUT2D eigenvalue weighted by Gasteiger charge is -2.22. The van der Waals surface area contributed by atoms with E-state index >= 15 is 0 Å². The van der Waals surface area contributed by atoms with E-state index < -0.39 is 6.04 Å². The van der Waals surface area contributed by atoms with E-state index in [2.05, 4.69) is 10.6 Å². The Morgan fingerprint density at radius 3 is 2.38 bits per heavy atom. The first-order chi connectivity index (χ1) is 9.99. The summed E-state index contributed by atoms with van der Waals surface area (Å²) in [4.78, 5) is 36.7. The van der Waals surface area contributed by atoms with Crippen molar-refractivity contribution in [3.8, 4) is 0 Å². The topological polar surface area (TPSA) is 78.5 Å². The van der Waals surface area contributed by atoms with Gasteiger partial charge in [0.1, 0.15) is 6.04 Å². The first-order valence-corrected chi connectivity index (χ1v) is 7.77. The second-order valence-electron chi connectivity index (χ2n) is 5.69.